The molecule has 1 atom stereocenters. The normalized spacial score (nSPS) is 19.1. The molecule has 0 aliphatic carbocycles. The summed E-state index contributed by atoms with van der Waals surface area (Å²) in [5.41, 5.74) is 3.75. The van der Waals surface area contributed by atoms with E-state index in [4.69, 9.17) is 0 Å². The van der Waals surface area contributed by atoms with Crippen molar-refractivity contribution in [2.45, 2.75) is 51.5 Å². The Morgan fingerprint density at radius 2 is 1.71 bits per heavy atom. The number of benzene rings is 1. The number of rotatable bonds is 3. The van der Waals surface area contributed by atoms with Gasteiger partial charge in [0.25, 0.3) is 0 Å². The van der Waals surface area contributed by atoms with Gasteiger partial charge in [-0.05, 0) is 69.3 Å². The van der Waals surface area contributed by atoms with Crippen LogP contribution >= 0.6 is 12.4 Å². The molecule has 1 heterocycles. The van der Waals surface area contributed by atoms with E-state index in [1.807, 2.05) is 33.8 Å². The molecule has 120 valence electrons. The summed E-state index contributed by atoms with van der Waals surface area (Å²) in [5.74, 6) is 0. The first-order valence-electron chi connectivity index (χ1n) is 7.13. The standard InChI is InChI=1S/C15H24N2O2S.ClH/c1-10-8-11(2)13(4)15(12(10)3)20(18,19)17-14-6-5-7-16-9-14;/h8,14,16-17H,5-7,9H2,1-4H3;1H/t14-;/m1./s1. The number of hydrogen-bond acceptors (Lipinski definition) is 3. The SMILES string of the molecule is Cc1cc(C)c(C)c(S(=O)(=O)N[C@@H]2CCCNC2)c1C.Cl. The van der Waals surface area contributed by atoms with E-state index in [1.54, 1.807) is 0 Å². The van der Waals surface area contributed by atoms with Gasteiger partial charge in [-0.2, -0.15) is 0 Å². The van der Waals surface area contributed by atoms with Crippen LogP contribution in [-0.4, -0.2) is 27.5 Å². The smallest absolute Gasteiger partial charge is 0.241 e. The molecule has 1 aromatic rings. The number of hydrogen-bond donors (Lipinski definition) is 2. The molecule has 1 fully saturated rings. The van der Waals surface area contributed by atoms with Crippen molar-refractivity contribution in [1.82, 2.24) is 10.0 Å². The highest BCUT2D eigenvalue weighted by molar-refractivity contribution is 7.89. The number of piperidine rings is 1. The summed E-state index contributed by atoms with van der Waals surface area (Å²) in [4.78, 5) is 0.459. The van der Waals surface area contributed by atoms with Crippen molar-refractivity contribution < 1.29 is 8.42 Å². The quantitative estimate of drug-likeness (QED) is 0.893. The Balaban J connectivity index is 0.00000220. The second-order valence-corrected chi connectivity index (χ2v) is 7.40. The number of halogens is 1. The van der Waals surface area contributed by atoms with Crippen molar-refractivity contribution >= 4 is 22.4 Å². The third kappa shape index (κ3) is 3.97. The van der Waals surface area contributed by atoms with E-state index in [9.17, 15) is 8.42 Å². The summed E-state index contributed by atoms with van der Waals surface area (Å²) in [6.45, 7) is 9.37. The highest BCUT2D eigenvalue weighted by atomic mass is 35.5. The summed E-state index contributed by atoms with van der Waals surface area (Å²) in [7, 11) is -3.46. The van der Waals surface area contributed by atoms with E-state index in [-0.39, 0.29) is 18.4 Å². The molecule has 0 amide bonds. The molecular weight excluding hydrogens is 308 g/mol. The summed E-state index contributed by atoms with van der Waals surface area (Å²) in [6.07, 6.45) is 1.91. The predicted molar refractivity (Wildman–Crippen MR) is 88.9 cm³/mol. The zero-order chi connectivity index (χ0) is 14.9. The Morgan fingerprint density at radius 1 is 1.14 bits per heavy atom. The monoisotopic (exact) mass is 332 g/mol. The molecule has 0 radical (unpaired) electrons. The van der Waals surface area contributed by atoms with Crippen LogP contribution in [0.3, 0.4) is 0 Å². The van der Waals surface area contributed by atoms with Gasteiger partial charge >= 0.3 is 0 Å². The van der Waals surface area contributed by atoms with E-state index in [2.05, 4.69) is 10.0 Å². The Morgan fingerprint density at radius 3 is 2.19 bits per heavy atom. The zero-order valence-corrected chi connectivity index (χ0v) is 14.7. The summed E-state index contributed by atoms with van der Waals surface area (Å²) < 4.78 is 28.3. The molecule has 0 unspecified atom stereocenters. The second-order valence-electron chi connectivity index (χ2n) is 5.75. The largest absolute Gasteiger partial charge is 0.315 e. The van der Waals surface area contributed by atoms with Gasteiger partial charge < -0.3 is 5.32 Å². The Labute approximate surface area is 134 Å². The molecular formula is C15H25ClN2O2S. The summed E-state index contributed by atoms with van der Waals surface area (Å²) in [5, 5.41) is 3.23. The molecule has 2 N–H and O–H groups in total. The maximum Gasteiger partial charge on any atom is 0.241 e. The Bertz CT molecular complexity index is 582. The Hall–Kier alpha value is -0.620. The third-order valence-electron chi connectivity index (χ3n) is 4.18. The maximum atomic E-state index is 12.7. The van der Waals surface area contributed by atoms with Crippen LogP contribution in [0, 0.1) is 27.7 Å². The maximum absolute atomic E-state index is 12.7. The molecule has 0 bridgehead atoms. The molecule has 2 rings (SSSR count). The molecule has 1 aromatic carbocycles. The van der Waals surface area contributed by atoms with Crippen LogP contribution in [0.25, 0.3) is 0 Å². The lowest BCUT2D eigenvalue weighted by Crippen LogP contribution is -2.45. The highest BCUT2D eigenvalue weighted by Crippen LogP contribution is 2.26. The molecule has 6 heteroatoms. The van der Waals surface area contributed by atoms with Gasteiger partial charge in [0.1, 0.15) is 0 Å². The van der Waals surface area contributed by atoms with Crippen LogP contribution in [0.1, 0.15) is 35.1 Å². The first-order chi connectivity index (χ1) is 9.33. The molecule has 21 heavy (non-hydrogen) atoms. The highest BCUT2D eigenvalue weighted by Gasteiger charge is 2.25. The molecule has 0 aromatic heterocycles. The lowest BCUT2D eigenvalue weighted by Gasteiger charge is -2.25. The van der Waals surface area contributed by atoms with Crippen molar-refractivity contribution in [3.8, 4) is 0 Å². The van der Waals surface area contributed by atoms with Crippen molar-refractivity contribution in [3.05, 3.63) is 28.3 Å². The summed E-state index contributed by atoms with van der Waals surface area (Å²) >= 11 is 0. The van der Waals surface area contributed by atoms with E-state index in [0.717, 1.165) is 41.6 Å². The van der Waals surface area contributed by atoms with Crippen molar-refractivity contribution in [2.24, 2.45) is 0 Å². The minimum atomic E-state index is -3.46. The fourth-order valence-electron chi connectivity index (χ4n) is 2.81. The van der Waals surface area contributed by atoms with Crippen LogP contribution < -0.4 is 10.0 Å². The van der Waals surface area contributed by atoms with Crippen LogP contribution in [0.2, 0.25) is 0 Å². The topological polar surface area (TPSA) is 58.2 Å². The van der Waals surface area contributed by atoms with Crippen molar-refractivity contribution in [3.63, 3.8) is 0 Å². The van der Waals surface area contributed by atoms with Crippen LogP contribution in [-0.2, 0) is 10.0 Å². The molecule has 1 saturated heterocycles. The van der Waals surface area contributed by atoms with Crippen LogP contribution in [0.5, 0.6) is 0 Å². The van der Waals surface area contributed by atoms with Crippen LogP contribution in [0.4, 0.5) is 0 Å². The molecule has 0 spiro atoms. The molecule has 4 nitrogen and oxygen atoms in total. The average molecular weight is 333 g/mol. The molecule has 0 saturated carbocycles. The van der Waals surface area contributed by atoms with Crippen LogP contribution in [0.15, 0.2) is 11.0 Å². The van der Waals surface area contributed by atoms with E-state index < -0.39 is 10.0 Å². The average Bonchev–Trinajstić information content (AvgIpc) is 2.37. The van der Waals surface area contributed by atoms with Gasteiger partial charge in [0.15, 0.2) is 0 Å². The van der Waals surface area contributed by atoms with Gasteiger partial charge in [-0.1, -0.05) is 6.07 Å². The minimum absolute atomic E-state index is 0. The predicted octanol–water partition coefficient (Wildman–Crippen LogP) is 2.37. The van der Waals surface area contributed by atoms with E-state index >= 15 is 0 Å². The molecule has 1 aliphatic rings. The third-order valence-corrected chi connectivity index (χ3v) is 5.98. The van der Waals surface area contributed by atoms with Gasteiger partial charge in [0.2, 0.25) is 10.0 Å². The first kappa shape index (κ1) is 18.4. The van der Waals surface area contributed by atoms with Gasteiger partial charge in [-0.3, -0.25) is 0 Å². The number of nitrogens with one attached hydrogen (secondary N) is 2. The van der Waals surface area contributed by atoms with Gasteiger partial charge in [0.05, 0.1) is 4.90 Å². The number of sulfonamides is 1. The summed E-state index contributed by atoms with van der Waals surface area (Å²) in [6, 6.07) is 2.04. The van der Waals surface area contributed by atoms with E-state index in [0.29, 0.717) is 11.4 Å². The first-order valence-corrected chi connectivity index (χ1v) is 8.61. The molecule has 1 aliphatic heterocycles. The van der Waals surface area contributed by atoms with E-state index in [1.165, 1.54) is 0 Å². The van der Waals surface area contributed by atoms with Gasteiger partial charge in [-0.15, -0.1) is 12.4 Å². The Kier molecular flexibility index (Phi) is 6.23. The zero-order valence-electron chi connectivity index (χ0n) is 13.1. The van der Waals surface area contributed by atoms with Crippen molar-refractivity contribution in [1.29, 1.82) is 0 Å². The fourth-order valence-corrected chi connectivity index (χ4v) is 4.70. The van der Waals surface area contributed by atoms with Crippen molar-refractivity contribution in [2.75, 3.05) is 13.1 Å². The lowest BCUT2D eigenvalue weighted by molar-refractivity contribution is 0.428. The van der Waals surface area contributed by atoms with Gasteiger partial charge in [0, 0.05) is 12.6 Å². The minimum Gasteiger partial charge on any atom is -0.315 e. The van der Waals surface area contributed by atoms with Gasteiger partial charge in [-0.25, -0.2) is 13.1 Å². The second kappa shape index (κ2) is 7.09. The number of aryl methyl sites for hydroxylation is 2. The lowest BCUT2D eigenvalue weighted by atomic mass is 10.0. The fraction of sp³-hybridized carbons (Fsp3) is 0.600.